The number of nitrogens with one attached hydrogen (secondary N) is 1. The first-order valence-corrected chi connectivity index (χ1v) is 9.47. The number of piperidine rings is 1. The second kappa shape index (κ2) is 8.24. The fourth-order valence-electron chi connectivity index (χ4n) is 3.78. The molecule has 184 valence electrons. The number of carbonyl (C=O) groups excluding carboxylic acids is 2. The topological polar surface area (TPSA) is 71.5 Å². The third-order valence-corrected chi connectivity index (χ3v) is 5.63. The predicted octanol–water partition coefficient (Wildman–Crippen LogP) is 4.77. The van der Waals surface area contributed by atoms with Crippen molar-refractivity contribution in [3.8, 4) is 0 Å². The number of rotatable bonds is 3. The van der Waals surface area contributed by atoms with Gasteiger partial charge in [-0.3, -0.25) is 4.79 Å². The summed E-state index contributed by atoms with van der Waals surface area (Å²) < 4.78 is 117. The Hall–Kier alpha value is -2.74. The molecule has 0 aromatic carbocycles. The molecule has 1 N–H and O–H groups in total. The number of likely N-dealkylation sites (tertiary alicyclic amines) is 1. The summed E-state index contributed by atoms with van der Waals surface area (Å²) in [4.78, 5) is 28.2. The van der Waals surface area contributed by atoms with Crippen molar-refractivity contribution in [2.24, 2.45) is 11.3 Å². The van der Waals surface area contributed by atoms with Gasteiger partial charge in [0.2, 0.25) is 5.91 Å². The minimum Gasteiger partial charge on any atom is -0.426 e. The molecule has 1 saturated heterocycles. The van der Waals surface area contributed by atoms with Crippen molar-refractivity contribution in [1.29, 1.82) is 0 Å². The zero-order valence-corrected chi connectivity index (χ0v) is 16.4. The Bertz CT molecular complexity index is 892. The average molecular weight is 493 g/mol. The number of alkyl halides is 9. The highest BCUT2D eigenvalue weighted by atomic mass is 19.4. The average Bonchev–Trinajstić information content (AvgIpc) is 3.37. The van der Waals surface area contributed by atoms with Gasteiger partial charge < -0.3 is 15.0 Å². The third kappa shape index (κ3) is 5.61. The lowest BCUT2D eigenvalue weighted by Gasteiger charge is -2.33. The summed E-state index contributed by atoms with van der Waals surface area (Å²) >= 11 is 0. The maximum absolute atomic E-state index is 12.7. The minimum atomic E-state index is -5.83. The van der Waals surface area contributed by atoms with Gasteiger partial charge in [-0.05, 0) is 36.8 Å². The van der Waals surface area contributed by atoms with Gasteiger partial charge in [-0.25, -0.2) is 9.78 Å². The molecule has 2 heterocycles. The lowest BCUT2D eigenvalue weighted by molar-refractivity contribution is -0.308. The predicted molar refractivity (Wildman–Crippen MR) is 91.6 cm³/mol. The highest BCUT2D eigenvalue weighted by Crippen LogP contribution is 2.59. The van der Waals surface area contributed by atoms with Gasteiger partial charge >= 0.3 is 24.6 Å². The van der Waals surface area contributed by atoms with Crippen molar-refractivity contribution in [1.82, 2.24) is 9.88 Å². The molecule has 2 amide bonds. The molecule has 1 atom stereocenters. The summed E-state index contributed by atoms with van der Waals surface area (Å²) in [7, 11) is 0. The smallest absolute Gasteiger partial charge is 0.426 e. The minimum absolute atomic E-state index is 0.0961. The van der Waals surface area contributed by atoms with Gasteiger partial charge in [-0.1, -0.05) is 6.07 Å². The maximum Gasteiger partial charge on any atom is 0.434 e. The van der Waals surface area contributed by atoms with Crippen LogP contribution in [0.3, 0.4) is 0 Å². The first-order chi connectivity index (χ1) is 15.0. The van der Waals surface area contributed by atoms with E-state index in [-0.39, 0.29) is 31.7 Å². The lowest BCUT2D eigenvalue weighted by atomic mass is 9.91. The van der Waals surface area contributed by atoms with Gasteiger partial charge in [0, 0.05) is 19.0 Å². The van der Waals surface area contributed by atoms with Gasteiger partial charge in [-0.15, -0.1) is 0 Å². The maximum atomic E-state index is 12.7. The number of hydrogen-bond donors (Lipinski definition) is 1. The molecule has 1 aliphatic heterocycles. The molecule has 2 aliphatic rings. The van der Waals surface area contributed by atoms with E-state index < -0.39 is 53.7 Å². The number of aromatic nitrogens is 1. The van der Waals surface area contributed by atoms with E-state index in [1.807, 2.05) is 0 Å². The van der Waals surface area contributed by atoms with E-state index in [2.05, 4.69) is 15.0 Å². The van der Waals surface area contributed by atoms with Crippen LogP contribution < -0.4 is 5.32 Å². The van der Waals surface area contributed by atoms with Crippen LogP contribution in [-0.4, -0.2) is 53.4 Å². The molecule has 6 nitrogen and oxygen atoms in total. The molecule has 0 bridgehead atoms. The van der Waals surface area contributed by atoms with Crippen LogP contribution in [0.4, 0.5) is 50.1 Å². The first-order valence-electron chi connectivity index (χ1n) is 9.47. The number of halogens is 9. The normalized spacial score (nSPS) is 20.7. The van der Waals surface area contributed by atoms with Crippen molar-refractivity contribution >= 4 is 17.8 Å². The van der Waals surface area contributed by atoms with Crippen LogP contribution in [0.15, 0.2) is 18.2 Å². The summed E-state index contributed by atoms with van der Waals surface area (Å²) in [6, 6.07) is 2.96. The van der Waals surface area contributed by atoms with Crippen LogP contribution in [0.1, 0.15) is 25.0 Å². The summed E-state index contributed by atoms with van der Waals surface area (Å²) in [5.41, 5.74) is -1.86. The van der Waals surface area contributed by atoms with E-state index >= 15 is 0 Å². The lowest BCUT2D eigenvalue weighted by Crippen LogP contribution is -2.49. The number of pyridine rings is 1. The molecule has 0 radical (unpaired) electrons. The number of hydrogen-bond acceptors (Lipinski definition) is 4. The van der Waals surface area contributed by atoms with Crippen LogP contribution >= 0.6 is 0 Å². The highest BCUT2D eigenvalue weighted by molar-refractivity contribution is 5.94. The molecule has 1 aromatic rings. The zero-order valence-electron chi connectivity index (χ0n) is 16.4. The number of nitrogens with zero attached hydrogens (tertiary/aromatic N) is 2. The summed E-state index contributed by atoms with van der Waals surface area (Å²) in [5, 5.41) is 2.28. The molecule has 1 spiro atoms. The Labute approximate surface area is 180 Å². The summed E-state index contributed by atoms with van der Waals surface area (Å²) in [5.74, 6) is -1.58. The van der Waals surface area contributed by atoms with Crippen molar-refractivity contribution in [3.63, 3.8) is 0 Å². The molecule has 1 aromatic heterocycles. The molecule has 15 heteroatoms. The first kappa shape index (κ1) is 24.9. The van der Waals surface area contributed by atoms with E-state index in [9.17, 15) is 49.1 Å². The second-order valence-corrected chi connectivity index (χ2v) is 7.85. The third-order valence-electron chi connectivity index (χ3n) is 5.63. The number of ether oxygens (including phenoxy) is 1. The zero-order chi connectivity index (χ0) is 24.8. The molecule has 2 fully saturated rings. The van der Waals surface area contributed by atoms with E-state index in [1.54, 1.807) is 0 Å². The van der Waals surface area contributed by atoms with Gasteiger partial charge in [0.05, 0.1) is 0 Å². The Morgan fingerprint density at radius 2 is 1.61 bits per heavy atom. The Balaban J connectivity index is 1.55. The number of amides is 2. The standard InChI is InChI=1S/C18H16F9N3O3/c19-16(20,21)10-2-1-3-11(28-10)29-12(31)9-8-15(9)4-6-30(7-5-15)14(32)33-13(17(22,23)24)18(25,26)27/h1-3,9,13H,4-8H2,(H,28,29,31)/t9-/m0/s1. The van der Waals surface area contributed by atoms with Crippen LogP contribution in [0.2, 0.25) is 0 Å². The van der Waals surface area contributed by atoms with E-state index in [0.29, 0.717) is 11.3 Å². The molecular weight excluding hydrogens is 477 g/mol. The largest absolute Gasteiger partial charge is 0.434 e. The van der Waals surface area contributed by atoms with Crippen LogP contribution in [-0.2, 0) is 15.7 Å². The van der Waals surface area contributed by atoms with Crippen molar-refractivity contribution in [2.45, 2.75) is 43.9 Å². The van der Waals surface area contributed by atoms with Gasteiger partial charge in [0.25, 0.3) is 6.10 Å². The van der Waals surface area contributed by atoms with Crippen LogP contribution in [0, 0.1) is 11.3 Å². The summed E-state index contributed by atoms with van der Waals surface area (Å²) in [6.07, 6.45) is -21.9. The number of anilines is 1. The van der Waals surface area contributed by atoms with E-state index in [0.717, 1.165) is 12.1 Å². The molecule has 1 aliphatic carbocycles. The van der Waals surface area contributed by atoms with Gasteiger partial charge in [0.15, 0.2) is 0 Å². The molecule has 1 saturated carbocycles. The SMILES string of the molecule is O=C(Nc1cccc(C(F)(F)F)n1)[C@@H]1CC12CCN(C(=O)OC(C(F)(F)F)C(F)(F)F)CC2. The highest BCUT2D eigenvalue weighted by Gasteiger charge is 2.61. The molecule has 0 unspecified atom stereocenters. The van der Waals surface area contributed by atoms with Crippen LogP contribution in [0.5, 0.6) is 0 Å². The van der Waals surface area contributed by atoms with Crippen molar-refractivity contribution in [2.75, 3.05) is 18.4 Å². The molecule has 33 heavy (non-hydrogen) atoms. The Morgan fingerprint density at radius 3 is 2.12 bits per heavy atom. The Morgan fingerprint density at radius 1 is 1.03 bits per heavy atom. The van der Waals surface area contributed by atoms with Crippen molar-refractivity contribution in [3.05, 3.63) is 23.9 Å². The quantitative estimate of drug-likeness (QED) is 0.616. The van der Waals surface area contributed by atoms with E-state index in [4.69, 9.17) is 0 Å². The van der Waals surface area contributed by atoms with Gasteiger partial charge in [0.1, 0.15) is 11.5 Å². The monoisotopic (exact) mass is 493 g/mol. The Kier molecular flexibility index (Phi) is 6.21. The van der Waals surface area contributed by atoms with Crippen molar-refractivity contribution < 1.29 is 53.8 Å². The number of carbonyl (C=O) groups is 2. The second-order valence-electron chi connectivity index (χ2n) is 7.85. The fraction of sp³-hybridized carbons (Fsp3) is 0.611. The molecule has 3 rings (SSSR count). The summed E-state index contributed by atoms with van der Waals surface area (Å²) in [6.45, 7) is -0.486. The fourth-order valence-corrected chi connectivity index (χ4v) is 3.78. The van der Waals surface area contributed by atoms with E-state index in [1.165, 1.54) is 6.07 Å². The van der Waals surface area contributed by atoms with Crippen LogP contribution in [0.25, 0.3) is 0 Å². The van der Waals surface area contributed by atoms with Gasteiger partial charge in [-0.2, -0.15) is 39.5 Å². The molecular formula is C18H16F9N3O3.